The van der Waals surface area contributed by atoms with Gasteiger partial charge in [0.1, 0.15) is 6.61 Å². The van der Waals surface area contributed by atoms with Gasteiger partial charge in [0.05, 0.1) is 5.69 Å². The SMILES string of the molecule is CN(C)Cc1csc(NC(=O)C2COc3ccccc3O2)n1. The largest absolute Gasteiger partial charge is 0.485 e. The Kier molecular flexibility index (Phi) is 4.26. The van der Waals surface area contributed by atoms with E-state index in [4.69, 9.17) is 9.47 Å². The number of hydrogen-bond acceptors (Lipinski definition) is 6. The van der Waals surface area contributed by atoms with Crippen LogP contribution in [0.25, 0.3) is 0 Å². The molecule has 7 heteroatoms. The summed E-state index contributed by atoms with van der Waals surface area (Å²) in [5.74, 6) is 0.996. The van der Waals surface area contributed by atoms with E-state index in [0.717, 1.165) is 12.2 Å². The first-order valence-corrected chi connectivity index (χ1v) is 7.78. The number of rotatable bonds is 4. The van der Waals surface area contributed by atoms with E-state index in [1.807, 2.05) is 42.6 Å². The van der Waals surface area contributed by atoms with Gasteiger partial charge in [-0.15, -0.1) is 11.3 Å². The third-order valence-electron chi connectivity index (χ3n) is 3.06. The van der Waals surface area contributed by atoms with Crippen molar-refractivity contribution in [3.05, 3.63) is 35.3 Å². The molecule has 0 spiro atoms. The highest BCUT2D eigenvalue weighted by molar-refractivity contribution is 7.13. The molecule has 1 unspecified atom stereocenters. The Morgan fingerprint density at radius 3 is 2.95 bits per heavy atom. The van der Waals surface area contributed by atoms with Crippen LogP contribution >= 0.6 is 11.3 Å². The number of ether oxygens (including phenoxy) is 2. The van der Waals surface area contributed by atoms with E-state index in [-0.39, 0.29) is 12.5 Å². The van der Waals surface area contributed by atoms with Crippen LogP contribution in [0.1, 0.15) is 5.69 Å². The lowest BCUT2D eigenvalue weighted by molar-refractivity contribution is -0.125. The van der Waals surface area contributed by atoms with Crippen molar-refractivity contribution in [2.75, 3.05) is 26.0 Å². The molecule has 0 saturated heterocycles. The van der Waals surface area contributed by atoms with Gasteiger partial charge in [0, 0.05) is 11.9 Å². The van der Waals surface area contributed by atoms with Gasteiger partial charge in [-0.05, 0) is 26.2 Å². The van der Waals surface area contributed by atoms with Gasteiger partial charge in [-0.2, -0.15) is 0 Å². The zero-order valence-corrected chi connectivity index (χ0v) is 13.2. The van der Waals surface area contributed by atoms with E-state index in [2.05, 4.69) is 10.3 Å². The normalized spacial score (nSPS) is 16.6. The van der Waals surface area contributed by atoms with Crippen molar-refractivity contribution in [3.8, 4) is 11.5 Å². The van der Waals surface area contributed by atoms with Crippen molar-refractivity contribution in [1.82, 2.24) is 9.88 Å². The number of nitrogens with zero attached hydrogens (tertiary/aromatic N) is 2. The van der Waals surface area contributed by atoms with Gasteiger partial charge in [0.25, 0.3) is 5.91 Å². The lowest BCUT2D eigenvalue weighted by atomic mass is 10.2. The zero-order chi connectivity index (χ0) is 15.5. The molecule has 1 aliphatic heterocycles. The van der Waals surface area contributed by atoms with Crippen LogP contribution in [0.4, 0.5) is 5.13 Å². The highest BCUT2D eigenvalue weighted by Gasteiger charge is 2.27. The molecular weight excluding hydrogens is 302 g/mol. The molecule has 1 atom stereocenters. The maximum Gasteiger partial charge on any atom is 0.270 e. The number of benzene rings is 1. The van der Waals surface area contributed by atoms with Gasteiger partial charge in [0.15, 0.2) is 16.6 Å². The number of para-hydroxylation sites is 2. The predicted molar refractivity (Wildman–Crippen MR) is 84.5 cm³/mol. The Labute approximate surface area is 132 Å². The molecule has 1 amide bonds. The summed E-state index contributed by atoms with van der Waals surface area (Å²) >= 11 is 1.40. The molecule has 3 rings (SSSR count). The molecule has 2 heterocycles. The molecule has 116 valence electrons. The van der Waals surface area contributed by atoms with Crippen molar-refractivity contribution in [2.24, 2.45) is 0 Å². The maximum absolute atomic E-state index is 12.2. The van der Waals surface area contributed by atoms with Gasteiger partial charge in [0.2, 0.25) is 6.10 Å². The average Bonchev–Trinajstić information content (AvgIpc) is 2.93. The topological polar surface area (TPSA) is 63.7 Å². The Morgan fingerprint density at radius 1 is 1.41 bits per heavy atom. The van der Waals surface area contributed by atoms with Crippen molar-refractivity contribution < 1.29 is 14.3 Å². The smallest absolute Gasteiger partial charge is 0.270 e. The number of carbonyl (C=O) groups is 1. The number of fused-ring (bicyclic) bond motifs is 1. The lowest BCUT2D eigenvalue weighted by Gasteiger charge is -2.25. The first-order valence-electron chi connectivity index (χ1n) is 6.90. The molecule has 2 aromatic rings. The van der Waals surface area contributed by atoms with Gasteiger partial charge < -0.3 is 14.4 Å². The van der Waals surface area contributed by atoms with Crippen LogP contribution in [0.15, 0.2) is 29.6 Å². The number of carbonyl (C=O) groups excluding carboxylic acids is 1. The fourth-order valence-electron chi connectivity index (χ4n) is 2.10. The third kappa shape index (κ3) is 3.37. The monoisotopic (exact) mass is 319 g/mol. The summed E-state index contributed by atoms with van der Waals surface area (Å²) in [5.41, 5.74) is 0.927. The van der Waals surface area contributed by atoms with E-state index < -0.39 is 6.10 Å². The molecule has 0 fully saturated rings. The number of hydrogen-bond donors (Lipinski definition) is 1. The second kappa shape index (κ2) is 6.33. The predicted octanol–water partition coefficient (Wildman–Crippen LogP) is 1.98. The second-order valence-electron chi connectivity index (χ2n) is 5.24. The van der Waals surface area contributed by atoms with Crippen molar-refractivity contribution in [1.29, 1.82) is 0 Å². The second-order valence-corrected chi connectivity index (χ2v) is 6.09. The molecule has 1 aromatic heterocycles. The number of amides is 1. The summed E-state index contributed by atoms with van der Waals surface area (Å²) in [7, 11) is 3.95. The molecular formula is C15H17N3O3S. The highest BCUT2D eigenvalue weighted by Crippen LogP contribution is 2.31. The number of thiazole rings is 1. The molecule has 1 aliphatic rings. The number of anilines is 1. The maximum atomic E-state index is 12.2. The molecule has 0 radical (unpaired) electrons. The summed E-state index contributed by atoms with van der Waals surface area (Å²) < 4.78 is 11.2. The molecule has 0 saturated carbocycles. The minimum Gasteiger partial charge on any atom is -0.485 e. The van der Waals surface area contributed by atoms with Gasteiger partial charge in [-0.1, -0.05) is 12.1 Å². The standard InChI is InChI=1S/C15H17N3O3S/c1-18(2)7-10-9-22-15(16-10)17-14(19)13-8-20-11-5-3-4-6-12(11)21-13/h3-6,9,13H,7-8H2,1-2H3,(H,16,17,19). The van der Waals surface area contributed by atoms with Gasteiger partial charge in [-0.3, -0.25) is 10.1 Å². The molecule has 6 nitrogen and oxygen atoms in total. The quantitative estimate of drug-likeness (QED) is 0.933. The first-order chi connectivity index (χ1) is 10.6. The Bertz CT molecular complexity index is 672. The van der Waals surface area contributed by atoms with Crippen LogP contribution in [0.3, 0.4) is 0 Å². The minimum absolute atomic E-state index is 0.193. The molecule has 0 aliphatic carbocycles. The van der Waals surface area contributed by atoms with Gasteiger partial charge >= 0.3 is 0 Å². The van der Waals surface area contributed by atoms with Crippen LogP contribution in [-0.2, 0) is 11.3 Å². The van der Waals surface area contributed by atoms with Crippen LogP contribution in [0.5, 0.6) is 11.5 Å². The van der Waals surface area contributed by atoms with Crippen molar-refractivity contribution >= 4 is 22.4 Å². The summed E-state index contributed by atoms with van der Waals surface area (Å²) in [6, 6.07) is 7.31. The number of aromatic nitrogens is 1. The van der Waals surface area contributed by atoms with Crippen LogP contribution in [-0.4, -0.2) is 42.6 Å². The third-order valence-corrected chi connectivity index (χ3v) is 3.87. The average molecular weight is 319 g/mol. The molecule has 1 aromatic carbocycles. The van der Waals surface area contributed by atoms with Crippen LogP contribution in [0, 0.1) is 0 Å². The molecule has 1 N–H and O–H groups in total. The van der Waals surface area contributed by atoms with Crippen molar-refractivity contribution in [2.45, 2.75) is 12.6 Å². The fraction of sp³-hybridized carbons (Fsp3) is 0.333. The summed E-state index contributed by atoms with van der Waals surface area (Å²) in [4.78, 5) is 18.7. The Morgan fingerprint density at radius 2 is 2.18 bits per heavy atom. The van der Waals surface area contributed by atoms with E-state index in [9.17, 15) is 4.79 Å². The van der Waals surface area contributed by atoms with E-state index in [1.54, 1.807) is 6.07 Å². The summed E-state index contributed by atoms with van der Waals surface area (Å²) in [6.07, 6.45) is -0.670. The number of nitrogens with one attached hydrogen (secondary N) is 1. The van der Waals surface area contributed by atoms with Crippen LogP contribution < -0.4 is 14.8 Å². The minimum atomic E-state index is -0.670. The lowest BCUT2D eigenvalue weighted by Crippen LogP contribution is -2.40. The van der Waals surface area contributed by atoms with E-state index in [0.29, 0.717) is 16.6 Å². The molecule has 22 heavy (non-hydrogen) atoms. The van der Waals surface area contributed by atoms with Crippen molar-refractivity contribution in [3.63, 3.8) is 0 Å². The van der Waals surface area contributed by atoms with Crippen LogP contribution in [0.2, 0.25) is 0 Å². The Balaban J connectivity index is 1.62. The summed E-state index contributed by atoms with van der Waals surface area (Å²) in [5, 5.41) is 5.29. The highest BCUT2D eigenvalue weighted by atomic mass is 32.1. The van der Waals surface area contributed by atoms with E-state index in [1.165, 1.54) is 11.3 Å². The van der Waals surface area contributed by atoms with E-state index >= 15 is 0 Å². The zero-order valence-electron chi connectivity index (χ0n) is 12.4. The fourth-order valence-corrected chi connectivity index (χ4v) is 2.80. The molecule has 0 bridgehead atoms. The Hall–Kier alpha value is -2.12. The summed E-state index contributed by atoms with van der Waals surface area (Å²) in [6.45, 7) is 0.932. The first kappa shape index (κ1) is 14.8. The van der Waals surface area contributed by atoms with Gasteiger partial charge in [-0.25, -0.2) is 4.98 Å².